The van der Waals surface area contributed by atoms with Gasteiger partial charge in [-0.05, 0) is 36.2 Å². The van der Waals surface area contributed by atoms with Crippen LogP contribution < -0.4 is 5.73 Å². The topological polar surface area (TPSA) is 26.0 Å². The van der Waals surface area contributed by atoms with Crippen LogP contribution in [0.3, 0.4) is 0 Å². The van der Waals surface area contributed by atoms with E-state index in [0.29, 0.717) is 11.6 Å². The summed E-state index contributed by atoms with van der Waals surface area (Å²) < 4.78 is 64.4. The SMILES string of the molecule is Cc1cc(C(N)c2ccc(C(F)(F)F)cc2)c(F)cc1F. The summed E-state index contributed by atoms with van der Waals surface area (Å²) in [7, 11) is 0. The van der Waals surface area contributed by atoms with Gasteiger partial charge in [-0.15, -0.1) is 0 Å². The second-order valence-corrected chi connectivity index (χ2v) is 4.72. The lowest BCUT2D eigenvalue weighted by atomic mass is 9.96. The molecule has 0 aliphatic heterocycles. The van der Waals surface area contributed by atoms with E-state index in [4.69, 9.17) is 5.73 Å². The van der Waals surface area contributed by atoms with Gasteiger partial charge in [-0.25, -0.2) is 8.78 Å². The Kier molecular flexibility index (Phi) is 4.00. The van der Waals surface area contributed by atoms with Crippen LogP contribution in [0.25, 0.3) is 0 Å². The fourth-order valence-electron chi connectivity index (χ4n) is 1.98. The highest BCUT2D eigenvalue weighted by Gasteiger charge is 2.30. The predicted octanol–water partition coefficient (Wildman–Crippen LogP) is 4.34. The van der Waals surface area contributed by atoms with Crippen molar-refractivity contribution in [3.63, 3.8) is 0 Å². The maximum Gasteiger partial charge on any atom is 0.416 e. The number of nitrogens with two attached hydrogens (primary N) is 1. The van der Waals surface area contributed by atoms with Crippen LogP contribution in [0, 0.1) is 18.6 Å². The van der Waals surface area contributed by atoms with Crippen LogP contribution >= 0.6 is 0 Å². The summed E-state index contributed by atoms with van der Waals surface area (Å²) >= 11 is 0. The molecule has 2 aromatic carbocycles. The van der Waals surface area contributed by atoms with Crippen molar-refractivity contribution >= 4 is 0 Å². The summed E-state index contributed by atoms with van der Waals surface area (Å²) in [5.74, 6) is -1.53. The predicted molar refractivity (Wildman–Crippen MR) is 68.6 cm³/mol. The van der Waals surface area contributed by atoms with Gasteiger partial charge in [0, 0.05) is 11.6 Å². The molecule has 0 heterocycles. The summed E-state index contributed by atoms with van der Waals surface area (Å²) in [5.41, 5.74) is 5.61. The zero-order valence-electron chi connectivity index (χ0n) is 11.0. The average Bonchev–Trinajstić information content (AvgIpc) is 2.41. The lowest BCUT2D eigenvalue weighted by molar-refractivity contribution is -0.137. The molecule has 0 aromatic heterocycles. The molecule has 21 heavy (non-hydrogen) atoms. The zero-order valence-corrected chi connectivity index (χ0v) is 11.0. The van der Waals surface area contributed by atoms with Gasteiger partial charge in [0.2, 0.25) is 0 Å². The molecule has 0 spiro atoms. The van der Waals surface area contributed by atoms with Gasteiger partial charge in [-0.1, -0.05) is 12.1 Å². The van der Waals surface area contributed by atoms with Crippen molar-refractivity contribution in [1.82, 2.24) is 0 Å². The van der Waals surface area contributed by atoms with E-state index >= 15 is 0 Å². The lowest BCUT2D eigenvalue weighted by Crippen LogP contribution is -2.15. The van der Waals surface area contributed by atoms with Crippen molar-refractivity contribution in [2.75, 3.05) is 0 Å². The summed E-state index contributed by atoms with van der Waals surface area (Å²) in [4.78, 5) is 0. The molecule has 6 heteroatoms. The molecular weight excluding hydrogens is 289 g/mol. The fourth-order valence-corrected chi connectivity index (χ4v) is 1.98. The Balaban J connectivity index is 2.36. The third-order valence-electron chi connectivity index (χ3n) is 3.21. The highest BCUT2D eigenvalue weighted by molar-refractivity contribution is 5.36. The van der Waals surface area contributed by atoms with E-state index in [1.807, 2.05) is 0 Å². The molecular formula is C15H12F5N. The summed E-state index contributed by atoms with van der Waals surface area (Å²) in [6.45, 7) is 1.46. The molecule has 0 amide bonds. The van der Waals surface area contributed by atoms with Crippen LogP contribution in [0.4, 0.5) is 22.0 Å². The number of hydrogen-bond acceptors (Lipinski definition) is 1. The van der Waals surface area contributed by atoms with E-state index in [9.17, 15) is 22.0 Å². The van der Waals surface area contributed by atoms with Crippen LogP contribution in [0.5, 0.6) is 0 Å². The second-order valence-electron chi connectivity index (χ2n) is 4.72. The maximum atomic E-state index is 13.7. The molecule has 0 fully saturated rings. The largest absolute Gasteiger partial charge is 0.416 e. The molecule has 2 rings (SSSR count). The Labute approximate surface area is 118 Å². The molecule has 0 radical (unpaired) electrons. The van der Waals surface area contributed by atoms with Gasteiger partial charge in [-0.2, -0.15) is 13.2 Å². The maximum absolute atomic E-state index is 13.7. The van der Waals surface area contributed by atoms with Gasteiger partial charge in [0.1, 0.15) is 11.6 Å². The number of halogens is 5. The zero-order chi connectivity index (χ0) is 15.8. The number of hydrogen-bond donors (Lipinski definition) is 1. The molecule has 112 valence electrons. The second kappa shape index (κ2) is 5.44. The van der Waals surface area contributed by atoms with Crippen molar-refractivity contribution < 1.29 is 22.0 Å². The Morgan fingerprint density at radius 3 is 2.05 bits per heavy atom. The third kappa shape index (κ3) is 3.21. The first kappa shape index (κ1) is 15.4. The average molecular weight is 301 g/mol. The van der Waals surface area contributed by atoms with Crippen LogP contribution in [0.15, 0.2) is 36.4 Å². The monoisotopic (exact) mass is 301 g/mol. The Bertz CT molecular complexity index is 646. The van der Waals surface area contributed by atoms with Gasteiger partial charge in [0.25, 0.3) is 0 Å². The van der Waals surface area contributed by atoms with Gasteiger partial charge >= 0.3 is 6.18 Å². The summed E-state index contributed by atoms with van der Waals surface area (Å²) in [5, 5.41) is 0. The van der Waals surface area contributed by atoms with Crippen molar-refractivity contribution in [2.24, 2.45) is 5.73 Å². The fraction of sp³-hybridized carbons (Fsp3) is 0.200. The smallest absolute Gasteiger partial charge is 0.320 e. The molecule has 0 saturated heterocycles. The first-order valence-corrected chi connectivity index (χ1v) is 6.08. The first-order valence-electron chi connectivity index (χ1n) is 6.08. The standard InChI is InChI=1S/C15H12F5N/c1-8-6-11(13(17)7-12(8)16)14(21)9-2-4-10(5-3-9)15(18,19)20/h2-7,14H,21H2,1H3. The number of rotatable bonds is 2. The Morgan fingerprint density at radius 2 is 1.52 bits per heavy atom. The van der Waals surface area contributed by atoms with E-state index in [-0.39, 0.29) is 11.1 Å². The minimum absolute atomic E-state index is 0.0358. The Morgan fingerprint density at radius 1 is 0.952 bits per heavy atom. The van der Waals surface area contributed by atoms with Gasteiger partial charge in [0.05, 0.1) is 11.6 Å². The molecule has 2 aromatic rings. The molecule has 2 N–H and O–H groups in total. The van der Waals surface area contributed by atoms with Gasteiger partial charge in [-0.3, -0.25) is 0 Å². The van der Waals surface area contributed by atoms with Crippen molar-refractivity contribution in [1.29, 1.82) is 0 Å². The van der Waals surface area contributed by atoms with E-state index in [1.54, 1.807) is 0 Å². The highest BCUT2D eigenvalue weighted by atomic mass is 19.4. The van der Waals surface area contributed by atoms with Crippen molar-refractivity contribution in [2.45, 2.75) is 19.1 Å². The lowest BCUT2D eigenvalue weighted by Gasteiger charge is -2.15. The van der Waals surface area contributed by atoms with Crippen LogP contribution in [0.1, 0.15) is 28.3 Å². The molecule has 0 aliphatic carbocycles. The molecule has 0 aliphatic rings. The van der Waals surface area contributed by atoms with E-state index in [1.165, 1.54) is 25.1 Å². The number of aryl methyl sites for hydroxylation is 1. The third-order valence-corrected chi connectivity index (χ3v) is 3.21. The van der Waals surface area contributed by atoms with Crippen LogP contribution in [-0.2, 0) is 6.18 Å². The first-order chi connectivity index (χ1) is 9.70. The Hall–Kier alpha value is -1.95. The van der Waals surface area contributed by atoms with Gasteiger partial charge in [0.15, 0.2) is 0 Å². The minimum Gasteiger partial charge on any atom is -0.320 e. The minimum atomic E-state index is -4.44. The molecule has 0 bridgehead atoms. The quantitative estimate of drug-likeness (QED) is 0.820. The van der Waals surface area contributed by atoms with E-state index in [0.717, 1.165) is 12.1 Å². The van der Waals surface area contributed by atoms with E-state index in [2.05, 4.69) is 0 Å². The number of benzene rings is 2. The number of alkyl halides is 3. The summed E-state index contributed by atoms with van der Waals surface area (Å²) in [6.07, 6.45) is -4.44. The highest BCUT2D eigenvalue weighted by Crippen LogP contribution is 2.31. The van der Waals surface area contributed by atoms with Crippen LogP contribution in [0.2, 0.25) is 0 Å². The summed E-state index contributed by atoms with van der Waals surface area (Å²) in [6, 6.07) is 5.14. The van der Waals surface area contributed by atoms with Crippen molar-refractivity contribution in [3.8, 4) is 0 Å². The van der Waals surface area contributed by atoms with Crippen LogP contribution in [-0.4, -0.2) is 0 Å². The molecule has 0 saturated carbocycles. The molecule has 1 nitrogen and oxygen atoms in total. The molecule has 1 atom stereocenters. The van der Waals surface area contributed by atoms with Crippen molar-refractivity contribution in [3.05, 3.63) is 70.3 Å². The van der Waals surface area contributed by atoms with Gasteiger partial charge < -0.3 is 5.73 Å². The molecule has 1 unspecified atom stereocenters. The van der Waals surface area contributed by atoms with E-state index < -0.39 is 29.4 Å². The normalized spacial score (nSPS) is 13.3.